The molecule has 1 unspecified atom stereocenters. The summed E-state index contributed by atoms with van der Waals surface area (Å²) < 4.78 is 45.3. The lowest BCUT2D eigenvalue weighted by atomic mass is 10.0. The van der Waals surface area contributed by atoms with E-state index in [1.807, 2.05) is 4.90 Å². The summed E-state index contributed by atoms with van der Waals surface area (Å²) in [5.41, 5.74) is 1.21. The summed E-state index contributed by atoms with van der Waals surface area (Å²) in [4.78, 5) is 16.5. The minimum Gasteiger partial charge on any atom is -0.497 e. The van der Waals surface area contributed by atoms with Crippen molar-refractivity contribution in [3.63, 3.8) is 0 Å². The molecule has 3 rings (SSSR count). The van der Waals surface area contributed by atoms with E-state index < -0.39 is 16.1 Å². The summed E-state index contributed by atoms with van der Waals surface area (Å²) in [6.45, 7) is 1.92. The lowest BCUT2D eigenvalue weighted by molar-refractivity contribution is -0.132. The summed E-state index contributed by atoms with van der Waals surface area (Å²) in [6.07, 6.45) is 1.07. The first-order valence-electron chi connectivity index (χ1n) is 9.65. The van der Waals surface area contributed by atoms with Crippen molar-refractivity contribution in [1.29, 1.82) is 0 Å². The van der Waals surface area contributed by atoms with Crippen LogP contribution in [0.15, 0.2) is 48.5 Å². The van der Waals surface area contributed by atoms with Crippen LogP contribution in [0.5, 0.6) is 5.75 Å². The van der Waals surface area contributed by atoms with Gasteiger partial charge >= 0.3 is 0 Å². The van der Waals surface area contributed by atoms with Crippen LogP contribution < -0.4 is 14.4 Å². The zero-order chi connectivity index (χ0) is 21.7. The molecule has 7 nitrogen and oxygen atoms in total. The number of hydrogen-bond donors (Lipinski definition) is 1. The number of para-hydroxylation sites is 1. The van der Waals surface area contributed by atoms with Crippen molar-refractivity contribution in [2.75, 3.05) is 44.4 Å². The molecule has 1 fully saturated rings. The Kier molecular flexibility index (Phi) is 6.94. The van der Waals surface area contributed by atoms with Gasteiger partial charge in [0.25, 0.3) is 0 Å². The van der Waals surface area contributed by atoms with Crippen LogP contribution in [0.4, 0.5) is 10.1 Å². The van der Waals surface area contributed by atoms with Gasteiger partial charge in [0, 0.05) is 32.6 Å². The van der Waals surface area contributed by atoms with Crippen molar-refractivity contribution in [3.8, 4) is 5.75 Å². The largest absolute Gasteiger partial charge is 0.497 e. The standard InChI is InChI=1S/C21H26FN3O4S/c1-29-17-9-7-16(8-10-17)19(23-30(2,27)28)15-21(26)25-13-11-24(12-14-25)20-6-4-3-5-18(20)22/h3-10,19,23H,11-15H2,1-2H3. The Hall–Kier alpha value is -2.65. The Morgan fingerprint density at radius 2 is 1.73 bits per heavy atom. The molecule has 30 heavy (non-hydrogen) atoms. The number of hydrogen-bond acceptors (Lipinski definition) is 5. The number of anilines is 1. The van der Waals surface area contributed by atoms with Crippen molar-refractivity contribution in [2.45, 2.75) is 12.5 Å². The molecule has 0 spiro atoms. The maximum Gasteiger partial charge on any atom is 0.224 e. The van der Waals surface area contributed by atoms with Gasteiger partial charge in [0.2, 0.25) is 15.9 Å². The first-order chi connectivity index (χ1) is 14.3. The van der Waals surface area contributed by atoms with E-state index in [4.69, 9.17) is 4.74 Å². The number of rotatable bonds is 7. The van der Waals surface area contributed by atoms with E-state index in [9.17, 15) is 17.6 Å². The monoisotopic (exact) mass is 435 g/mol. The van der Waals surface area contributed by atoms with Crippen molar-refractivity contribution in [2.24, 2.45) is 0 Å². The van der Waals surface area contributed by atoms with Gasteiger partial charge in [0.1, 0.15) is 11.6 Å². The number of benzene rings is 2. The number of carbonyl (C=O) groups is 1. The predicted octanol–water partition coefficient (Wildman–Crippen LogP) is 2.16. The van der Waals surface area contributed by atoms with Gasteiger partial charge in [-0.3, -0.25) is 4.79 Å². The van der Waals surface area contributed by atoms with Gasteiger partial charge in [0.05, 0.1) is 25.1 Å². The number of nitrogens with one attached hydrogen (secondary N) is 1. The SMILES string of the molecule is COc1ccc(C(CC(=O)N2CCN(c3ccccc3F)CC2)NS(C)(=O)=O)cc1. The maximum absolute atomic E-state index is 14.0. The molecule has 1 saturated heterocycles. The molecule has 0 aromatic heterocycles. The molecule has 1 aliphatic heterocycles. The Morgan fingerprint density at radius 3 is 2.30 bits per heavy atom. The first-order valence-corrected chi connectivity index (χ1v) is 11.5. The van der Waals surface area contributed by atoms with Gasteiger partial charge in [-0.1, -0.05) is 24.3 Å². The Labute approximate surface area is 176 Å². The molecular weight excluding hydrogens is 409 g/mol. The number of carbonyl (C=O) groups excluding carboxylic acids is 1. The van der Waals surface area contributed by atoms with Crippen molar-refractivity contribution in [1.82, 2.24) is 9.62 Å². The summed E-state index contributed by atoms with van der Waals surface area (Å²) in [6, 6.07) is 12.8. The smallest absolute Gasteiger partial charge is 0.224 e. The van der Waals surface area contributed by atoms with Gasteiger partial charge in [-0.05, 0) is 29.8 Å². The van der Waals surface area contributed by atoms with E-state index in [1.54, 1.807) is 54.5 Å². The van der Waals surface area contributed by atoms with E-state index >= 15 is 0 Å². The Balaban J connectivity index is 1.66. The van der Waals surface area contributed by atoms with Crippen LogP contribution >= 0.6 is 0 Å². The van der Waals surface area contributed by atoms with E-state index in [0.717, 1.165) is 6.26 Å². The topological polar surface area (TPSA) is 79.0 Å². The number of piperazine rings is 1. The third-order valence-corrected chi connectivity index (χ3v) is 5.79. The van der Waals surface area contributed by atoms with E-state index in [2.05, 4.69) is 4.72 Å². The van der Waals surface area contributed by atoms with Gasteiger partial charge in [-0.15, -0.1) is 0 Å². The van der Waals surface area contributed by atoms with Crippen LogP contribution in [0.25, 0.3) is 0 Å². The zero-order valence-electron chi connectivity index (χ0n) is 17.0. The number of nitrogens with zero attached hydrogens (tertiary/aromatic N) is 2. The highest BCUT2D eigenvalue weighted by Crippen LogP contribution is 2.24. The lowest BCUT2D eigenvalue weighted by Crippen LogP contribution is -2.49. The fourth-order valence-electron chi connectivity index (χ4n) is 3.53. The fraction of sp³-hybridized carbons (Fsp3) is 0.381. The minimum absolute atomic E-state index is 0.000896. The van der Waals surface area contributed by atoms with Gasteiger partial charge in [-0.25, -0.2) is 17.5 Å². The molecule has 0 bridgehead atoms. The second-order valence-electron chi connectivity index (χ2n) is 7.24. The lowest BCUT2D eigenvalue weighted by Gasteiger charge is -2.36. The van der Waals surface area contributed by atoms with Gasteiger partial charge in [0.15, 0.2) is 0 Å². The molecule has 2 aromatic rings. The highest BCUT2D eigenvalue weighted by Gasteiger charge is 2.26. The normalized spacial score (nSPS) is 15.7. The zero-order valence-corrected chi connectivity index (χ0v) is 17.9. The third-order valence-electron chi connectivity index (χ3n) is 5.08. The van der Waals surface area contributed by atoms with Crippen molar-refractivity contribution in [3.05, 3.63) is 59.9 Å². The molecule has 1 amide bonds. The molecule has 1 aliphatic rings. The molecule has 162 valence electrons. The molecule has 0 aliphatic carbocycles. The predicted molar refractivity (Wildman–Crippen MR) is 114 cm³/mol. The maximum atomic E-state index is 14.0. The van der Waals surface area contributed by atoms with Crippen LogP contribution in [0.2, 0.25) is 0 Å². The second kappa shape index (κ2) is 9.44. The van der Waals surface area contributed by atoms with E-state index in [0.29, 0.717) is 43.2 Å². The van der Waals surface area contributed by atoms with E-state index in [1.165, 1.54) is 6.07 Å². The number of sulfonamides is 1. The molecule has 1 atom stereocenters. The molecule has 0 saturated carbocycles. The average Bonchev–Trinajstić information content (AvgIpc) is 2.73. The Morgan fingerprint density at radius 1 is 1.10 bits per heavy atom. The van der Waals surface area contributed by atoms with Gasteiger partial charge < -0.3 is 14.5 Å². The molecule has 1 N–H and O–H groups in total. The first kappa shape index (κ1) is 22.0. The molecule has 0 radical (unpaired) electrons. The molecule has 1 heterocycles. The van der Waals surface area contributed by atoms with Crippen LogP contribution in [0.1, 0.15) is 18.0 Å². The molecular formula is C21H26FN3O4S. The van der Waals surface area contributed by atoms with Crippen LogP contribution in [0.3, 0.4) is 0 Å². The van der Waals surface area contributed by atoms with Crippen molar-refractivity contribution < 1.29 is 22.3 Å². The summed E-state index contributed by atoms with van der Waals surface area (Å²) in [5, 5.41) is 0. The quantitative estimate of drug-likeness (QED) is 0.721. The Bertz CT molecular complexity index is 974. The summed E-state index contributed by atoms with van der Waals surface area (Å²) in [7, 11) is -1.97. The highest BCUT2D eigenvalue weighted by atomic mass is 32.2. The fourth-order valence-corrected chi connectivity index (χ4v) is 4.27. The van der Waals surface area contributed by atoms with Crippen LogP contribution in [0, 0.1) is 5.82 Å². The van der Waals surface area contributed by atoms with Crippen LogP contribution in [-0.2, 0) is 14.8 Å². The number of methoxy groups -OCH3 is 1. The average molecular weight is 436 g/mol. The third kappa shape index (κ3) is 5.70. The molecule has 9 heteroatoms. The number of amides is 1. The van der Waals surface area contributed by atoms with Crippen molar-refractivity contribution >= 4 is 21.6 Å². The van der Waals surface area contributed by atoms with Gasteiger partial charge in [-0.2, -0.15) is 0 Å². The summed E-state index contributed by atoms with van der Waals surface area (Å²) >= 11 is 0. The summed E-state index contributed by atoms with van der Waals surface area (Å²) in [5.74, 6) is 0.210. The number of ether oxygens (including phenoxy) is 1. The second-order valence-corrected chi connectivity index (χ2v) is 9.02. The van der Waals surface area contributed by atoms with Crippen LogP contribution in [-0.4, -0.2) is 58.8 Å². The highest BCUT2D eigenvalue weighted by molar-refractivity contribution is 7.88. The molecule has 2 aromatic carbocycles. The number of halogens is 1. The minimum atomic E-state index is -3.51. The van der Waals surface area contributed by atoms with E-state index in [-0.39, 0.29) is 18.1 Å².